The number of para-hydroxylation sites is 1. The standard InChI is InChI=1S/C31H30N2O4/c1-18(2)20-9-13-22(14-10-20)33-28(21-11-15-23(16-12-21)37-19(3)4)27(30(35)31(33)36)29(34)25-17-32-26-8-6-5-7-24(25)26/h5-19,28,32,34H,1-4H3/b29-27-. The zero-order valence-corrected chi connectivity index (χ0v) is 21.4. The minimum Gasteiger partial charge on any atom is -0.507 e. The number of benzene rings is 3. The topological polar surface area (TPSA) is 82.6 Å². The third kappa shape index (κ3) is 4.40. The summed E-state index contributed by atoms with van der Waals surface area (Å²) >= 11 is 0. The van der Waals surface area contributed by atoms with Crippen molar-refractivity contribution in [3.8, 4) is 5.75 Å². The molecule has 0 aliphatic carbocycles. The number of ether oxygens (including phenoxy) is 1. The van der Waals surface area contributed by atoms with Gasteiger partial charge in [0, 0.05) is 28.4 Å². The molecular formula is C31H30N2O4. The van der Waals surface area contributed by atoms with E-state index in [1.54, 1.807) is 6.20 Å². The van der Waals surface area contributed by atoms with E-state index < -0.39 is 17.7 Å². The Morgan fingerprint density at radius 2 is 1.59 bits per heavy atom. The molecule has 1 saturated heterocycles. The van der Waals surface area contributed by atoms with Crippen LogP contribution in [0, 0.1) is 0 Å². The highest BCUT2D eigenvalue weighted by molar-refractivity contribution is 6.51. The second-order valence-electron chi connectivity index (χ2n) is 9.90. The average Bonchev–Trinajstić information content (AvgIpc) is 3.43. The fraction of sp³-hybridized carbons (Fsp3) is 0.226. The number of aliphatic hydroxyl groups is 1. The molecule has 3 aromatic carbocycles. The first-order chi connectivity index (χ1) is 17.8. The van der Waals surface area contributed by atoms with Gasteiger partial charge in [-0.3, -0.25) is 14.5 Å². The molecule has 188 valence electrons. The highest BCUT2D eigenvalue weighted by Crippen LogP contribution is 2.43. The summed E-state index contributed by atoms with van der Waals surface area (Å²) in [5, 5.41) is 12.3. The predicted molar refractivity (Wildman–Crippen MR) is 146 cm³/mol. The molecule has 1 fully saturated rings. The number of H-pyrrole nitrogens is 1. The second kappa shape index (κ2) is 9.62. The molecule has 2 heterocycles. The number of Topliss-reactive ketones (excluding diaryl/α,β-unsaturated/α-hetero) is 1. The fourth-order valence-corrected chi connectivity index (χ4v) is 4.85. The summed E-state index contributed by atoms with van der Waals surface area (Å²) in [7, 11) is 0. The van der Waals surface area contributed by atoms with E-state index in [0.29, 0.717) is 28.5 Å². The van der Waals surface area contributed by atoms with Crippen LogP contribution in [0.4, 0.5) is 5.69 Å². The summed E-state index contributed by atoms with van der Waals surface area (Å²) in [6.45, 7) is 8.10. The largest absolute Gasteiger partial charge is 0.507 e. The van der Waals surface area contributed by atoms with Crippen molar-refractivity contribution in [3.63, 3.8) is 0 Å². The molecule has 5 rings (SSSR count). The Hall–Kier alpha value is -4.32. The quantitative estimate of drug-likeness (QED) is 0.177. The smallest absolute Gasteiger partial charge is 0.300 e. The molecule has 1 aliphatic heterocycles. The Morgan fingerprint density at radius 1 is 0.919 bits per heavy atom. The van der Waals surface area contributed by atoms with Gasteiger partial charge in [-0.15, -0.1) is 0 Å². The molecule has 0 bridgehead atoms. The maximum Gasteiger partial charge on any atom is 0.300 e. The fourth-order valence-electron chi connectivity index (χ4n) is 4.85. The van der Waals surface area contributed by atoms with E-state index in [1.165, 1.54) is 4.90 Å². The number of nitrogens with one attached hydrogen (secondary N) is 1. The van der Waals surface area contributed by atoms with Crippen LogP contribution in [0.15, 0.2) is 84.6 Å². The van der Waals surface area contributed by atoms with E-state index in [0.717, 1.165) is 16.5 Å². The molecule has 1 unspecified atom stereocenters. The van der Waals surface area contributed by atoms with Gasteiger partial charge < -0.3 is 14.8 Å². The summed E-state index contributed by atoms with van der Waals surface area (Å²) in [6.07, 6.45) is 1.68. The third-order valence-electron chi connectivity index (χ3n) is 6.69. The van der Waals surface area contributed by atoms with Gasteiger partial charge in [0.2, 0.25) is 0 Å². The zero-order valence-electron chi connectivity index (χ0n) is 21.4. The highest BCUT2D eigenvalue weighted by atomic mass is 16.5. The number of aromatic nitrogens is 1. The number of carbonyl (C=O) groups excluding carboxylic acids is 2. The lowest BCUT2D eigenvalue weighted by molar-refractivity contribution is -0.132. The molecule has 0 saturated carbocycles. The number of nitrogens with zero attached hydrogens (tertiary/aromatic N) is 1. The van der Waals surface area contributed by atoms with Gasteiger partial charge >= 0.3 is 0 Å². The van der Waals surface area contributed by atoms with Crippen molar-refractivity contribution >= 4 is 34.0 Å². The maximum atomic E-state index is 13.5. The van der Waals surface area contributed by atoms with Crippen LogP contribution >= 0.6 is 0 Å². The lowest BCUT2D eigenvalue weighted by atomic mass is 9.94. The first-order valence-electron chi connectivity index (χ1n) is 12.5. The molecule has 1 amide bonds. The molecule has 1 atom stereocenters. The van der Waals surface area contributed by atoms with E-state index >= 15 is 0 Å². The summed E-state index contributed by atoms with van der Waals surface area (Å²) in [5.41, 5.74) is 3.79. The SMILES string of the molecule is CC(C)Oc1ccc(C2/C(=C(/O)c3c[nH]c4ccccc34)C(=O)C(=O)N2c2ccc(C(C)C)cc2)cc1. The monoisotopic (exact) mass is 494 g/mol. The number of anilines is 1. The van der Waals surface area contributed by atoms with Gasteiger partial charge in [0.1, 0.15) is 11.5 Å². The molecule has 6 nitrogen and oxygen atoms in total. The van der Waals surface area contributed by atoms with E-state index in [2.05, 4.69) is 18.8 Å². The van der Waals surface area contributed by atoms with Crippen molar-refractivity contribution in [2.75, 3.05) is 4.90 Å². The zero-order chi connectivity index (χ0) is 26.3. The molecule has 2 N–H and O–H groups in total. The lowest BCUT2D eigenvalue weighted by Gasteiger charge is -2.26. The second-order valence-corrected chi connectivity index (χ2v) is 9.90. The van der Waals surface area contributed by atoms with E-state index in [-0.39, 0.29) is 17.4 Å². The first-order valence-corrected chi connectivity index (χ1v) is 12.5. The molecule has 37 heavy (non-hydrogen) atoms. The number of rotatable bonds is 6. The number of carbonyl (C=O) groups is 2. The Kier molecular flexibility index (Phi) is 6.34. The Morgan fingerprint density at radius 3 is 2.24 bits per heavy atom. The van der Waals surface area contributed by atoms with Crippen molar-refractivity contribution in [2.45, 2.75) is 45.8 Å². The van der Waals surface area contributed by atoms with Crippen LogP contribution in [-0.4, -0.2) is 27.9 Å². The average molecular weight is 495 g/mol. The number of fused-ring (bicyclic) bond motifs is 1. The molecule has 1 aromatic heterocycles. The van der Waals surface area contributed by atoms with Crippen LogP contribution < -0.4 is 9.64 Å². The number of aromatic amines is 1. The lowest BCUT2D eigenvalue weighted by Crippen LogP contribution is -2.29. The van der Waals surface area contributed by atoms with Crippen molar-refractivity contribution < 1.29 is 19.4 Å². The van der Waals surface area contributed by atoms with E-state index in [9.17, 15) is 14.7 Å². The minimum atomic E-state index is -0.799. The summed E-state index contributed by atoms with van der Waals surface area (Å²) in [6, 6.07) is 21.7. The van der Waals surface area contributed by atoms with E-state index in [1.807, 2.05) is 86.6 Å². The van der Waals surface area contributed by atoms with Gasteiger partial charge in [0.15, 0.2) is 0 Å². The summed E-state index contributed by atoms with van der Waals surface area (Å²) < 4.78 is 5.79. The molecule has 1 aliphatic rings. The van der Waals surface area contributed by atoms with Gasteiger partial charge in [-0.2, -0.15) is 0 Å². The van der Waals surface area contributed by atoms with Crippen LogP contribution in [0.5, 0.6) is 5.75 Å². The number of hydrogen-bond donors (Lipinski definition) is 2. The van der Waals surface area contributed by atoms with Crippen LogP contribution in [0.2, 0.25) is 0 Å². The van der Waals surface area contributed by atoms with Gasteiger partial charge in [-0.25, -0.2) is 0 Å². The third-order valence-corrected chi connectivity index (χ3v) is 6.69. The van der Waals surface area contributed by atoms with Crippen molar-refractivity contribution in [1.29, 1.82) is 0 Å². The van der Waals surface area contributed by atoms with Crippen molar-refractivity contribution in [1.82, 2.24) is 4.98 Å². The van der Waals surface area contributed by atoms with Gasteiger partial charge in [-0.1, -0.05) is 56.3 Å². The first kappa shape index (κ1) is 24.4. The van der Waals surface area contributed by atoms with Crippen molar-refractivity contribution in [3.05, 3.63) is 101 Å². The van der Waals surface area contributed by atoms with Crippen molar-refractivity contribution in [2.24, 2.45) is 0 Å². The Balaban J connectivity index is 1.68. The molecule has 0 radical (unpaired) electrons. The van der Waals surface area contributed by atoms with Gasteiger partial charge in [0.25, 0.3) is 11.7 Å². The van der Waals surface area contributed by atoms with Crippen LogP contribution in [0.3, 0.4) is 0 Å². The van der Waals surface area contributed by atoms with Crippen LogP contribution in [0.1, 0.15) is 56.3 Å². The maximum absolute atomic E-state index is 13.5. The minimum absolute atomic E-state index is 0.0119. The Labute approximate surface area is 216 Å². The number of aliphatic hydroxyl groups excluding tert-OH is 1. The predicted octanol–water partition coefficient (Wildman–Crippen LogP) is 6.70. The van der Waals surface area contributed by atoms with Gasteiger partial charge in [0.05, 0.1) is 17.7 Å². The number of ketones is 1. The molecular weight excluding hydrogens is 464 g/mol. The van der Waals surface area contributed by atoms with Crippen LogP contribution in [-0.2, 0) is 9.59 Å². The molecule has 4 aromatic rings. The number of amides is 1. The normalized spacial score (nSPS) is 17.4. The van der Waals surface area contributed by atoms with Crippen LogP contribution in [0.25, 0.3) is 16.7 Å². The molecule has 0 spiro atoms. The summed E-state index contributed by atoms with van der Waals surface area (Å²) in [4.78, 5) is 31.6. The van der Waals surface area contributed by atoms with Gasteiger partial charge in [-0.05, 0) is 61.2 Å². The number of hydrogen-bond acceptors (Lipinski definition) is 4. The summed E-state index contributed by atoms with van der Waals surface area (Å²) in [5.74, 6) is -0.580. The highest BCUT2D eigenvalue weighted by Gasteiger charge is 2.47. The molecule has 6 heteroatoms. The Bertz CT molecular complexity index is 1490. The van der Waals surface area contributed by atoms with E-state index in [4.69, 9.17) is 4.74 Å².